The second-order valence-electron chi connectivity index (χ2n) is 1.32. The van der Waals surface area contributed by atoms with Gasteiger partial charge >= 0.3 is 5.97 Å². The molecular weight excluding hydrogens is 92.1 g/mol. The van der Waals surface area contributed by atoms with Crippen LogP contribution in [-0.4, -0.2) is 11.1 Å². The van der Waals surface area contributed by atoms with Gasteiger partial charge in [0.1, 0.15) is 12.0 Å². The van der Waals surface area contributed by atoms with Crippen molar-refractivity contribution in [1.29, 1.82) is 0 Å². The number of aliphatic carboxylic acids is 1. The van der Waals surface area contributed by atoms with Gasteiger partial charge in [-0.3, -0.25) is 4.79 Å². The third kappa shape index (κ3) is 5.08. The minimum absolute atomic E-state index is 0.0278. The first-order valence-corrected chi connectivity index (χ1v) is 1.84. The fourth-order valence-corrected chi connectivity index (χ4v) is 0.214. The Morgan fingerprint density at radius 1 is 1.86 bits per heavy atom. The van der Waals surface area contributed by atoms with Crippen molar-refractivity contribution in [2.24, 2.45) is 0 Å². The van der Waals surface area contributed by atoms with Crippen LogP contribution in [0.2, 0.25) is 0 Å². The lowest BCUT2D eigenvalue weighted by molar-refractivity contribution is -0.136. The monoisotopic (exact) mass is 99.0 g/mol. The van der Waals surface area contributed by atoms with Gasteiger partial charge in [0.15, 0.2) is 0 Å². The van der Waals surface area contributed by atoms with Gasteiger partial charge in [-0.25, -0.2) is 0 Å². The second kappa shape index (κ2) is 2.29. The van der Waals surface area contributed by atoms with Crippen LogP contribution in [-0.2, 0) is 4.79 Å². The van der Waals surface area contributed by atoms with Gasteiger partial charge in [-0.2, -0.15) is 0 Å². The topological polar surface area (TPSA) is 37.3 Å². The molecule has 0 saturated heterocycles. The van der Waals surface area contributed by atoms with Crippen molar-refractivity contribution < 1.29 is 9.90 Å². The third-order valence-corrected chi connectivity index (χ3v) is 0.401. The summed E-state index contributed by atoms with van der Waals surface area (Å²) in [7, 11) is 0. The van der Waals surface area contributed by atoms with Crippen molar-refractivity contribution in [3.8, 4) is 0 Å². The molecule has 0 spiro atoms. The highest BCUT2D eigenvalue weighted by Gasteiger charge is 1.98. The van der Waals surface area contributed by atoms with Crippen LogP contribution in [0.15, 0.2) is 12.2 Å². The molecule has 0 aliphatic carbocycles. The van der Waals surface area contributed by atoms with Crippen LogP contribution in [0.4, 0.5) is 0 Å². The van der Waals surface area contributed by atoms with E-state index in [9.17, 15) is 4.79 Å². The normalized spacial score (nSPS) is 8.00. The summed E-state index contributed by atoms with van der Waals surface area (Å²) < 4.78 is 0. The number of carbonyl (C=O) groups is 1. The summed E-state index contributed by atoms with van der Waals surface area (Å²) in [6, 6.07) is 0. The summed E-state index contributed by atoms with van der Waals surface area (Å²) in [5.74, 6) is -0.875. The molecule has 0 aromatic heterocycles. The maximum Gasteiger partial charge on any atom is 0.311 e. The van der Waals surface area contributed by atoms with Gasteiger partial charge in [0, 0.05) is 13.5 Å². The quantitative estimate of drug-likeness (QED) is 0.521. The lowest BCUT2D eigenvalue weighted by atomic mass is 10.2. The highest BCUT2D eigenvalue weighted by Crippen LogP contribution is 1.91. The van der Waals surface area contributed by atoms with E-state index >= 15 is 0 Å². The third-order valence-electron chi connectivity index (χ3n) is 0.401. The number of carboxylic acid groups (broad SMARTS) is 1. The molecule has 0 saturated carbocycles. The maximum absolute atomic E-state index is 9.71. The van der Waals surface area contributed by atoms with Crippen LogP contribution < -0.4 is 0 Å². The van der Waals surface area contributed by atoms with E-state index in [2.05, 4.69) is 13.5 Å². The van der Waals surface area contributed by atoms with Crippen molar-refractivity contribution in [3.05, 3.63) is 19.1 Å². The van der Waals surface area contributed by atoms with Gasteiger partial charge in [-0.05, 0) is 0 Å². The molecule has 0 unspecified atom stereocenters. The molecule has 2 nitrogen and oxygen atoms in total. The van der Waals surface area contributed by atoms with Crippen LogP contribution in [0.1, 0.15) is 6.42 Å². The second-order valence-corrected chi connectivity index (χ2v) is 1.32. The van der Waals surface area contributed by atoms with E-state index < -0.39 is 5.97 Å². The maximum atomic E-state index is 9.71. The Hall–Kier alpha value is -0.920. The van der Waals surface area contributed by atoms with E-state index in [0.717, 1.165) is 0 Å². The number of rotatable bonds is 2. The molecule has 2 heteroatoms. The number of hydrogen-bond acceptors (Lipinski definition) is 1. The molecule has 0 bridgehead atoms. The van der Waals surface area contributed by atoms with Crippen LogP contribution in [0.3, 0.4) is 0 Å². The Bertz CT molecular complexity index is 82.3. The van der Waals surface area contributed by atoms with Gasteiger partial charge in [-0.1, -0.05) is 0 Å². The highest BCUT2D eigenvalue weighted by molar-refractivity contribution is 5.69. The first kappa shape index (κ1) is 6.08. The lowest BCUT2D eigenvalue weighted by Gasteiger charge is -1.79. The van der Waals surface area contributed by atoms with E-state index in [1.54, 1.807) is 0 Å². The van der Waals surface area contributed by atoms with E-state index in [1.165, 1.54) is 0 Å². The SMILES string of the molecule is C=C([CH2+])CC(=O)O. The predicted octanol–water partition coefficient (Wildman–Crippen LogP) is 0.851. The van der Waals surface area contributed by atoms with Crippen molar-refractivity contribution in [3.63, 3.8) is 0 Å². The summed E-state index contributed by atoms with van der Waals surface area (Å²) >= 11 is 0. The van der Waals surface area contributed by atoms with Crippen molar-refractivity contribution in [2.75, 3.05) is 0 Å². The average Bonchev–Trinajstić information content (AvgIpc) is 1.27. The lowest BCUT2D eigenvalue weighted by Crippen LogP contribution is -1.92. The molecule has 0 fully saturated rings. The molecule has 1 N–H and O–H groups in total. The molecule has 7 heavy (non-hydrogen) atoms. The summed E-state index contributed by atoms with van der Waals surface area (Å²) in [5.41, 5.74) is 0.438. The standard InChI is InChI=1S/C5H6O2/c1-4(2)3-5(6)7/h1-3H2/p+1. The molecule has 0 aromatic carbocycles. The van der Waals surface area contributed by atoms with E-state index in [0.29, 0.717) is 5.57 Å². The fourth-order valence-electron chi connectivity index (χ4n) is 0.214. The Kier molecular flexibility index (Phi) is 1.99. The van der Waals surface area contributed by atoms with Gasteiger partial charge in [-0.15, -0.1) is 0 Å². The summed E-state index contributed by atoms with van der Waals surface area (Å²) in [6.45, 7) is 6.61. The molecular formula is C5H7O2+. The zero-order chi connectivity index (χ0) is 5.86. The first-order chi connectivity index (χ1) is 3.13. The Morgan fingerprint density at radius 3 is 2.29 bits per heavy atom. The van der Waals surface area contributed by atoms with Crippen LogP contribution >= 0.6 is 0 Å². The smallest absolute Gasteiger partial charge is 0.311 e. The summed E-state index contributed by atoms with van der Waals surface area (Å²) in [4.78, 5) is 9.71. The predicted molar refractivity (Wildman–Crippen MR) is 26.7 cm³/mol. The first-order valence-electron chi connectivity index (χ1n) is 1.84. The van der Waals surface area contributed by atoms with E-state index in [1.807, 2.05) is 0 Å². The zero-order valence-electron chi connectivity index (χ0n) is 3.98. The molecule has 0 atom stereocenters. The van der Waals surface area contributed by atoms with Crippen LogP contribution in [0.5, 0.6) is 0 Å². The van der Waals surface area contributed by atoms with Crippen LogP contribution in [0.25, 0.3) is 0 Å². The zero-order valence-corrected chi connectivity index (χ0v) is 3.98. The molecule has 0 aliphatic rings. The molecule has 0 radical (unpaired) electrons. The largest absolute Gasteiger partial charge is 0.481 e. The fraction of sp³-hybridized carbons (Fsp3) is 0.200. The van der Waals surface area contributed by atoms with Crippen LogP contribution in [0, 0.1) is 6.92 Å². The average molecular weight is 99.1 g/mol. The minimum atomic E-state index is -0.875. The van der Waals surface area contributed by atoms with Crippen molar-refractivity contribution in [1.82, 2.24) is 0 Å². The molecule has 0 amide bonds. The van der Waals surface area contributed by atoms with Crippen molar-refractivity contribution in [2.45, 2.75) is 6.42 Å². The highest BCUT2D eigenvalue weighted by atomic mass is 16.4. The van der Waals surface area contributed by atoms with Gasteiger partial charge in [0.25, 0.3) is 0 Å². The molecule has 0 heterocycles. The Balaban J connectivity index is 3.32. The Morgan fingerprint density at radius 2 is 2.29 bits per heavy atom. The van der Waals surface area contributed by atoms with Crippen molar-refractivity contribution >= 4 is 5.97 Å². The van der Waals surface area contributed by atoms with Gasteiger partial charge in [0.2, 0.25) is 0 Å². The molecule has 38 valence electrons. The van der Waals surface area contributed by atoms with Gasteiger partial charge in [0.05, 0.1) is 0 Å². The number of carboxylic acids is 1. The summed E-state index contributed by atoms with van der Waals surface area (Å²) in [5, 5.41) is 7.98. The molecule has 0 aromatic rings. The van der Waals surface area contributed by atoms with E-state index in [-0.39, 0.29) is 6.42 Å². The van der Waals surface area contributed by atoms with E-state index in [4.69, 9.17) is 5.11 Å². The summed E-state index contributed by atoms with van der Waals surface area (Å²) in [6.07, 6.45) is -0.0278. The Labute approximate surface area is 42.5 Å². The van der Waals surface area contributed by atoms with Gasteiger partial charge < -0.3 is 5.11 Å². The minimum Gasteiger partial charge on any atom is -0.481 e. The number of hydrogen-bond donors (Lipinski definition) is 1. The molecule has 0 rings (SSSR count). The molecule has 0 aliphatic heterocycles.